The second-order valence-electron chi connectivity index (χ2n) is 6.63. The second-order valence-corrected chi connectivity index (χ2v) is 6.63. The Kier molecular flexibility index (Phi) is 5.16. The van der Waals surface area contributed by atoms with Crippen molar-refractivity contribution in [2.45, 2.75) is 51.9 Å². The lowest BCUT2D eigenvalue weighted by Crippen LogP contribution is -2.17. The van der Waals surface area contributed by atoms with Crippen molar-refractivity contribution in [2.75, 3.05) is 10.6 Å². The highest BCUT2D eigenvalue weighted by molar-refractivity contribution is 6.08. The summed E-state index contributed by atoms with van der Waals surface area (Å²) >= 11 is 0. The number of amides is 2. The van der Waals surface area contributed by atoms with E-state index in [1.165, 1.54) is 0 Å². The third-order valence-corrected chi connectivity index (χ3v) is 4.35. The number of benzene rings is 1. The summed E-state index contributed by atoms with van der Waals surface area (Å²) in [6.07, 6.45) is 6.04. The molecule has 1 heterocycles. The fourth-order valence-electron chi connectivity index (χ4n) is 2.77. The van der Waals surface area contributed by atoms with E-state index < -0.39 is 0 Å². The molecule has 0 spiro atoms. The minimum absolute atomic E-state index is 0.0387. The summed E-state index contributed by atoms with van der Waals surface area (Å²) in [5.74, 6) is 0.169. The Morgan fingerprint density at radius 2 is 2.04 bits per heavy atom. The normalized spacial score (nSPS) is 13.5. The zero-order chi connectivity index (χ0) is 17.8. The van der Waals surface area contributed by atoms with Gasteiger partial charge in [0, 0.05) is 12.3 Å². The van der Waals surface area contributed by atoms with Crippen LogP contribution in [0.5, 0.6) is 0 Å². The molecule has 0 saturated heterocycles. The van der Waals surface area contributed by atoms with E-state index >= 15 is 0 Å². The van der Waals surface area contributed by atoms with E-state index in [9.17, 15) is 9.59 Å². The molecule has 1 fully saturated rings. The first-order valence-electron chi connectivity index (χ1n) is 8.83. The largest absolute Gasteiger partial charge is 0.324 e. The van der Waals surface area contributed by atoms with Gasteiger partial charge in [-0.1, -0.05) is 19.4 Å². The average molecular weight is 340 g/mol. The summed E-state index contributed by atoms with van der Waals surface area (Å²) in [7, 11) is 0. The van der Waals surface area contributed by atoms with Crippen LogP contribution in [0.3, 0.4) is 0 Å². The number of nitrogens with one attached hydrogen (secondary N) is 3. The Bertz CT molecular complexity index is 777. The predicted molar refractivity (Wildman–Crippen MR) is 97.8 cm³/mol. The number of hydrogen-bond donors (Lipinski definition) is 3. The van der Waals surface area contributed by atoms with Gasteiger partial charge in [-0.2, -0.15) is 5.10 Å². The zero-order valence-electron chi connectivity index (χ0n) is 14.7. The molecule has 2 amide bonds. The first-order valence-corrected chi connectivity index (χ1v) is 8.83. The van der Waals surface area contributed by atoms with Crippen LogP contribution in [0.2, 0.25) is 0 Å². The van der Waals surface area contributed by atoms with Gasteiger partial charge in [-0.05, 0) is 43.9 Å². The molecule has 1 aliphatic carbocycles. The van der Waals surface area contributed by atoms with Crippen LogP contribution in [0.25, 0.3) is 0 Å². The van der Waals surface area contributed by atoms with Gasteiger partial charge in [0.05, 0.1) is 28.8 Å². The smallest absolute Gasteiger partial charge is 0.259 e. The molecule has 6 nitrogen and oxygen atoms in total. The molecule has 0 aliphatic heterocycles. The summed E-state index contributed by atoms with van der Waals surface area (Å²) in [4.78, 5) is 24.7. The third-order valence-electron chi connectivity index (χ3n) is 4.35. The van der Waals surface area contributed by atoms with Crippen LogP contribution in [0.1, 0.15) is 66.6 Å². The quantitative estimate of drug-likeness (QED) is 0.712. The van der Waals surface area contributed by atoms with E-state index in [0.717, 1.165) is 36.9 Å². The minimum Gasteiger partial charge on any atom is -0.324 e. The van der Waals surface area contributed by atoms with Crippen molar-refractivity contribution in [3.63, 3.8) is 0 Å². The third kappa shape index (κ3) is 4.26. The number of aryl methyl sites for hydroxylation is 1. The van der Waals surface area contributed by atoms with Crippen molar-refractivity contribution in [2.24, 2.45) is 0 Å². The number of carbonyl (C=O) groups excluding carboxylic acids is 2. The van der Waals surface area contributed by atoms with Crippen molar-refractivity contribution in [3.8, 4) is 0 Å². The number of unbranched alkanes of at least 4 members (excludes halogenated alkanes) is 1. The maximum absolute atomic E-state index is 12.7. The maximum Gasteiger partial charge on any atom is 0.259 e. The first kappa shape index (κ1) is 17.2. The van der Waals surface area contributed by atoms with Gasteiger partial charge in [-0.25, -0.2) is 0 Å². The predicted octanol–water partition coefficient (Wildman–Crippen LogP) is 3.98. The Labute approximate surface area is 147 Å². The molecule has 0 unspecified atom stereocenters. The molecule has 3 rings (SSSR count). The number of nitrogens with zero attached hydrogens (tertiary/aromatic N) is 1. The van der Waals surface area contributed by atoms with Gasteiger partial charge in [0.15, 0.2) is 0 Å². The number of aromatic nitrogens is 2. The highest BCUT2D eigenvalue weighted by Crippen LogP contribution is 2.40. The number of aromatic amines is 1. The molecule has 1 saturated carbocycles. The average Bonchev–Trinajstić information content (AvgIpc) is 3.31. The van der Waals surface area contributed by atoms with Gasteiger partial charge in [0.25, 0.3) is 5.91 Å². The molecule has 3 N–H and O–H groups in total. The summed E-state index contributed by atoms with van der Waals surface area (Å²) in [6, 6.07) is 5.61. The van der Waals surface area contributed by atoms with Gasteiger partial charge in [0.1, 0.15) is 0 Å². The van der Waals surface area contributed by atoms with Crippen molar-refractivity contribution in [1.29, 1.82) is 0 Å². The van der Waals surface area contributed by atoms with E-state index in [4.69, 9.17) is 0 Å². The molecule has 1 aromatic carbocycles. The van der Waals surface area contributed by atoms with Gasteiger partial charge in [-0.3, -0.25) is 14.7 Å². The zero-order valence-corrected chi connectivity index (χ0v) is 14.7. The Morgan fingerprint density at radius 1 is 1.24 bits per heavy atom. The lowest BCUT2D eigenvalue weighted by atomic mass is 10.1. The number of hydrogen-bond acceptors (Lipinski definition) is 3. The number of anilines is 2. The van der Waals surface area contributed by atoms with Crippen LogP contribution in [0.15, 0.2) is 24.4 Å². The van der Waals surface area contributed by atoms with E-state index in [2.05, 4.69) is 20.8 Å². The molecular weight excluding hydrogens is 316 g/mol. The number of rotatable bonds is 7. The highest BCUT2D eigenvalue weighted by atomic mass is 16.2. The number of H-pyrrole nitrogens is 1. The maximum atomic E-state index is 12.7. The second kappa shape index (κ2) is 7.51. The van der Waals surface area contributed by atoms with Gasteiger partial charge >= 0.3 is 0 Å². The van der Waals surface area contributed by atoms with Crippen LogP contribution < -0.4 is 10.6 Å². The van der Waals surface area contributed by atoms with E-state index in [0.29, 0.717) is 29.3 Å². The first-order chi connectivity index (χ1) is 12.1. The molecule has 1 aliphatic rings. The fourth-order valence-corrected chi connectivity index (χ4v) is 2.77. The Balaban J connectivity index is 1.76. The molecule has 0 atom stereocenters. The summed E-state index contributed by atoms with van der Waals surface area (Å²) in [5.41, 5.74) is 3.72. The van der Waals surface area contributed by atoms with E-state index in [1.54, 1.807) is 6.20 Å². The standard InChI is InChI=1S/C19H24N4O2/c1-3-4-5-17(24)21-15-9-6-12(2)10-16(15)22-19(25)14-11-20-23-18(14)13-7-8-13/h6,9-11,13H,3-5,7-8H2,1-2H3,(H,20,23)(H,21,24)(H,22,25). The lowest BCUT2D eigenvalue weighted by Gasteiger charge is -2.13. The topological polar surface area (TPSA) is 86.9 Å². The summed E-state index contributed by atoms with van der Waals surface area (Å²) in [6.45, 7) is 4.00. The monoisotopic (exact) mass is 340 g/mol. The van der Waals surface area contributed by atoms with Gasteiger partial charge in [0.2, 0.25) is 5.91 Å². The molecule has 0 radical (unpaired) electrons. The van der Waals surface area contributed by atoms with E-state index in [-0.39, 0.29) is 11.8 Å². The van der Waals surface area contributed by atoms with Crippen molar-refractivity contribution in [1.82, 2.24) is 10.2 Å². The summed E-state index contributed by atoms with van der Waals surface area (Å²) in [5, 5.41) is 12.8. The molecule has 0 bridgehead atoms. The molecule has 1 aromatic heterocycles. The summed E-state index contributed by atoms with van der Waals surface area (Å²) < 4.78 is 0. The van der Waals surface area contributed by atoms with Crippen LogP contribution in [0, 0.1) is 6.92 Å². The Hall–Kier alpha value is -2.63. The SMILES string of the molecule is CCCCC(=O)Nc1ccc(C)cc1NC(=O)c1cn[nH]c1C1CC1. The molecule has 25 heavy (non-hydrogen) atoms. The molecule has 6 heteroatoms. The van der Waals surface area contributed by atoms with E-state index in [1.807, 2.05) is 32.0 Å². The van der Waals surface area contributed by atoms with Crippen LogP contribution >= 0.6 is 0 Å². The van der Waals surface area contributed by atoms with Gasteiger partial charge < -0.3 is 10.6 Å². The van der Waals surface area contributed by atoms with Crippen molar-refractivity contribution in [3.05, 3.63) is 41.2 Å². The molecule has 2 aromatic rings. The lowest BCUT2D eigenvalue weighted by molar-refractivity contribution is -0.116. The van der Waals surface area contributed by atoms with Gasteiger partial charge in [-0.15, -0.1) is 0 Å². The number of carbonyl (C=O) groups is 2. The highest BCUT2D eigenvalue weighted by Gasteiger charge is 2.30. The molecule has 132 valence electrons. The van der Waals surface area contributed by atoms with Crippen LogP contribution in [-0.2, 0) is 4.79 Å². The Morgan fingerprint density at radius 3 is 2.76 bits per heavy atom. The van der Waals surface area contributed by atoms with Crippen LogP contribution in [-0.4, -0.2) is 22.0 Å². The van der Waals surface area contributed by atoms with Crippen molar-refractivity contribution < 1.29 is 9.59 Å². The van der Waals surface area contributed by atoms with Crippen LogP contribution in [0.4, 0.5) is 11.4 Å². The minimum atomic E-state index is -0.203. The molecular formula is C19H24N4O2. The fraction of sp³-hybridized carbons (Fsp3) is 0.421. The van der Waals surface area contributed by atoms with Crippen molar-refractivity contribution >= 4 is 23.2 Å².